The lowest BCUT2D eigenvalue weighted by Crippen LogP contribution is -2.39. The smallest absolute Gasteiger partial charge is 0.246 e. The van der Waals surface area contributed by atoms with Crippen molar-refractivity contribution in [2.75, 3.05) is 39.4 Å². The standard InChI is InChI=1S/C16H22N2O2S/c19-16(3-2-14-5-11-21-13-14)18-7-1-6-17(8-9-18)15-4-10-20-12-15/h2-3,5,11,13,15H,1,4,6-10,12H2. The summed E-state index contributed by atoms with van der Waals surface area (Å²) in [5.74, 6) is 0.130. The van der Waals surface area contributed by atoms with E-state index in [4.69, 9.17) is 4.74 Å². The van der Waals surface area contributed by atoms with Crippen molar-refractivity contribution in [3.05, 3.63) is 28.5 Å². The highest BCUT2D eigenvalue weighted by Gasteiger charge is 2.26. The summed E-state index contributed by atoms with van der Waals surface area (Å²) in [6, 6.07) is 2.58. The van der Waals surface area contributed by atoms with Crippen LogP contribution in [0.25, 0.3) is 6.08 Å². The van der Waals surface area contributed by atoms with Crippen LogP contribution in [0.1, 0.15) is 18.4 Å². The molecule has 1 aromatic heterocycles. The van der Waals surface area contributed by atoms with Crippen LogP contribution in [0.5, 0.6) is 0 Å². The lowest BCUT2D eigenvalue weighted by Gasteiger charge is -2.26. The second-order valence-electron chi connectivity index (χ2n) is 5.62. The van der Waals surface area contributed by atoms with Crippen molar-refractivity contribution in [3.63, 3.8) is 0 Å². The van der Waals surface area contributed by atoms with E-state index in [0.29, 0.717) is 6.04 Å². The van der Waals surface area contributed by atoms with Gasteiger partial charge in [-0.25, -0.2) is 0 Å². The van der Waals surface area contributed by atoms with Gasteiger partial charge in [-0.1, -0.05) is 0 Å². The molecule has 5 heteroatoms. The molecule has 0 aliphatic carbocycles. The molecule has 2 aliphatic rings. The molecule has 2 aliphatic heterocycles. The van der Waals surface area contributed by atoms with E-state index in [-0.39, 0.29) is 5.91 Å². The number of rotatable bonds is 3. The van der Waals surface area contributed by atoms with Gasteiger partial charge in [0, 0.05) is 44.9 Å². The van der Waals surface area contributed by atoms with Gasteiger partial charge in [0.2, 0.25) is 5.91 Å². The molecule has 0 N–H and O–H groups in total. The Balaban J connectivity index is 1.53. The van der Waals surface area contributed by atoms with Crippen molar-refractivity contribution >= 4 is 23.3 Å². The van der Waals surface area contributed by atoms with Crippen LogP contribution >= 0.6 is 11.3 Å². The molecular weight excluding hydrogens is 284 g/mol. The molecule has 0 radical (unpaired) electrons. The Kier molecular flexibility index (Phi) is 5.06. The van der Waals surface area contributed by atoms with Gasteiger partial charge in [-0.2, -0.15) is 11.3 Å². The molecule has 0 saturated carbocycles. The van der Waals surface area contributed by atoms with Crippen molar-refractivity contribution in [1.29, 1.82) is 0 Å². The zero-order valence-electron chi connectivity index (χ0n) is 12.2. The van der Waals surface area contributed by atoms with Gasteiger partial charge in [-0.05, 0) is 41.3 Å². The SMILES string of the molecule is O=C(C=Cc1ccsc1)N1CCCN(C2CCOC2)CC1. The highest BCUT2D eigenvalue weighted by Crippen LogP contribution is 2.15. The van der Waals surface area contributed by atoms with Crippen LogP contribution in [0, 0.1) is 0 Å². The molecular formula is C16H22N2O2S. The van der Waals surface area contributed by atoms with Gasteiger partial charge in [-0.3, -0.25) is 9.69 Å². The molecule has 0 aromatic carbocycles. The van der Waals surface area contributed by atoms with Crippen LogP contribution in [0.3, 0.4) is 0 Å². The third-order valence-corrected chi connectivity index (χ3v) is 4.93. The zero-order chi connectivity index (χ0) is 14.5. The maximum atomic E-state index is 12.3. The van der Waals surface area contributed by atoms with Crippen molar-refractivity contribution in [1.82, 2.24) is 9.80 Å². The third kappa shape index (κ3) is 3.93. The number of hydrogen-bond donors (Lipinski definition) is 0. The van der Waals surface area contributed by atoms with E-state index in [0.717, 1.165) is 57.8 Å². The minimum atomic E-state index is 0.130. The fraction of sp³-hybridized carbons (Fsp3) is 0.562. The summed E-state index contributed by atoms with van der Waals surface area (Å²) in [7, 11) is 0. The van der Waals surface area contributed by atoms with Crippen molar-refractivity contribution in [2.45, 2.75) is 18.9 Å². The molecule has 3 heterocycles. The summed E-state index contributed by atoms with van der Waals surface area (Å²) < 4.78 is 5.47. The minimum Gasteiger partial charge on any atom is -0.380 e. The highest BCUT2D eigenvalue weighted by atomic mass is 32.1. The van der Waals surface area contributed by atoms with E-state index < -0.39 is 0 Å². The largest absolute Gasteiger partial charge is 0.380 e. The van der Waals surface area contributed by atoms with Gasteiger partial charge in [-0.15, -0.1) is 0 Å². The summed E-state index contributed by atoms with van der Waals surface area (Å²) in [5, 5.41) is 4.08. The molecule has 2 saturated heterocycles. The van der Waals surface area contributed by atoms with E-state index in [1.54, 1.807) is 17.4 Å². The number of carbonyl (C=O) groups excluding carboxylic acids is 1. The van der Waals surface area contributed by atoms with Gasteiger partial charge >= 0.3 is 0 Å². The number of thiophene rings is 1. The third-order valence-electron chi connectivity index (χ3n) is 4.23. The molecule has 1 amide bonds. The van der Waals surface area contributed by atoms with Crippen LogP contribution in [-0.2, 0) is 9.53 Å². The van der Waals surface area contributed by atoms with Crippen LogP contribution in [0.2, 0.25) is 0 Å². The normalized spacial score (nSPS) is 24.6. The summed E-state index contributed by atoms with van der Waals surface area (Å²) in [5.41, 5.74) is 1.10. The predicted octanol–water partition coefficient (Wildman–Crippen LogP) is 2.08. The van der Waals surface area contributed by atoms with E-state index in [1.807, 2.05) is 27.8 Å². The van der Waals surface area contributed by atoms with E-state index >= 15 is 0 Å². The van der Waals surface area contributed by atoms with E-state index in [9.17, 15) is 4.79 Å². The molecule has 0 bridgehead atoms. The van der Waals surface area contributed by atoms with Gasteiger partial charge in [0.1, 0.15) is 0 Å². The van der Waals surface area contributed by atoms with Crippen LogP contribution in [0.4, 0.5) is 0 Å². The molecule has 2 fully saturated rings. The van der Waals surface area contributed by atoms with E-state index in [1.165, 1.54) is 0 Å². The second-order valence-corrected chi connectivity index (χ2v) is 6.40. The quantitative estimate of drug-likeness (QED) is 0.802. The summed E-state index contributed by atoms with van der Waals surface area (Å²) in [6.07, 6.45) is 5.79. The van der Waals surface area contributed by atoms with Gasteiger partial charge in [0.25, 0.3) is 0 Å². The second kappa shape index (κ2) is 7.20. The molecule has 4 nitrogen and oxygen atoms in total. The van der Waals surface area contributed by atoms with Gasteiger partial charge in [0.15, 0.2) is 0 Å². The monoisotopic (exact) mass is 306 g/mol. The fourth-order valence-electron chi connectivity index (χ4n) is 2.98. The Hall–Kier alpha value is -1.17. The first-order valence-electron chi connectivity index (χ1n) is 7.64. The van der Waals surface area contributed by atoms with Gasteiger partial charge < -0.3 is 9.64 Å². The van der Waals surface area contributed by atoms with Gasteiger partial charge in [0.05, 0.1) is 6.61 Å². The number of carbonyl (C=O) groups is 1. The maximum Gasteiger partial charge on any atom is 0.246 e. The number of nitrogens with zero attached hydrogens (tertiary/aromatic N) is 2. The average Bonchev–Trinajstić information content (AvgIpc) is 3.15. The van der Waals surface area contributed by atoms with Crippen LogP contribution in [-0.4, -0.2) is 61.1 Å². The Morgan fingerprint density at radius 2 is 2.29 bits per heavy atom. The Morgan fingerprint density at radius 1 is 1.33 bits per heavy atom. The molecule has 1 aromatic rings. The molecule has 3 rings (SSSR count). The number of hydrogen-bond acceptors (Lipinski definition) is 4. The molecule has 1 atom stereocenters. The number of amides is 1. The van der Waals surface area contributed by atoms with E-state index in [2.05, 4.69) is 4.90 Å². The minimum absolute atomic E-state index is 0.130. The maximum absolute atomic E-state index is 12.3. The van der Waals surface area contributed by atoms with Crippen molar-refractivity contribution in [2.24, 2.45) is 0 Å². The summed E-state index contributed by atoms with van der Waals surface area (Å²) >= 11 is 1.65. The predicted molar refractivity (Wildman–Crippen MR) is 85.3 cm³/mol. The molecule has 21 heavy (non-hydrogen) atoms. The Labute approximate surface area is 130 Å². The lowest BCUT2D eigenvalue weighted by molar-refractivity contribution is -0.125. The summed E-state index contributed by atoms with van der Waals surface area (Å²) in [4.78, 5) is 16.7. The van der Waals surface area contributed by atoms with Crippen LogP contribution < -0.4 is 0 Å². The van der Waals surface area contributed by atoms with Crippen LogP contribution in [0.15, 0.2) is 22.9 Å². The zero-order valence-corrected chi connectivity index (χ0v) is 13.1. The molecule has 1 unspecified atom stereocenters. The van der Waals surface area contributed by atoms with Crippen molar-refractivity contribution in [3.8, 4) is 0 Å². The first-order chi connectivity index (χ1) is 10.3. The number of ether oxygens (including phenoxy) is 1. The topological polar surface area (TPSA) is 32.8 Å². The Morgan fingerprint density at radius 3 is 3.05 bits per heavy atom. The fourth-order valence-corrected chi connectivity index (χ4v) is 3.60. The van der Waals surface area contributed by atoms with Crippen molar-refractivity contribution < 1.29 is 9.53 Å². The highest BCUT2D eigenvalue weighted by molar-refractivity contribution is 7.08. The average molecular weight is 306 g/mol. The summed E-state index contributed by atoms with van der Waals surface area (Å²) in [6.45, 7) is 5.46. The first kappa shape index (κ1) is 14.8. The molecule has 114 valence electrons. The molecule has 0 spiro atoms. The lowest BCUT2D eigenvalue weighted by atomic mass is 10.2. The first-order valence-corrected chi connectivity index (χ1v) is 8.58. The Bertz CT molecular complexity index is 480.